The van der Waals surface area contributed by atoms with E-state index in [1.54, 1.807) is 11.8 Å². The Hall–Kier alpha value is -1.00. The summed E-state index contributed by atoms with van der Waals surface area (Å²) < 4.78 is 0. The van der Waals surface area contributed by atoms with Gasteiger partial charge in [-0.3, -0.25) is 4.79 Å². The minimum atomic E-state index is 0.0528. The van der Waals surface area contributed by atoms with Gasteiger partial charge in [-0.1, -0.05) is 18.2 Å². The van der Waals surface area contributed by atoms with E-state index in [0.29, 0.717) is 18.3 Å². The van der Waals surface area contributed by atoms with E-state index < -0.39 is 0 Å². The van der Waals surface area contributed by atoms with Gasteiger partial charge in [-0.2, -0.15) is 0 Å². The molecular weight excluding hydrogens is 258 g/mol. The van der Waals surface area contributed by atoms with E-state index in [1.807, 2.05) is 23.1 Å². The number of aryl methyl sites for hydroxylation is 1. The number of hydrogen-bond donors (Lipinski definition) is 1. The zero-order chi connectivity index (χ0) is 13.7. The Morgan fingerprint density at radius 2 is 2.16 bits per heavy atom. The maximum atomic E-state index is 12.2. The summed E-state index contributed by atoms with van der Waals surface area (Å²) in [4.78, 5) is 15.3. The van der Waals surface area contributed by atoms with Crippen LogP contribution in [0.25, 0.3) is 0 Å². The lowest BCUT2D eigenvalue weighted by Crippen LogP contribution is -2.46. The Labute approximate surface area is 119 Å². The van der Waals surface area contributed by atoms with E-state index in [-0.39, 0.29) is 12.5 Å². The topological polar surface area (TPSA) is 40.5 Å². The number of carbonyl (C=O) groups excluding carboxylic acids is 1. The standard InChI is InChI=1S/C15H21NO2S/c1-12-5-2-3-8-14(12)19-11-15(18)16(9-10-17)13-6-4-7-13/h2-3,5,8,13,17H,4,6-7,9-11H2,1H3. The molecule has 1 N–H and O–H groups in total. The van der Waals surface area contributed by atoms with Crippen LogP contribution in [-0.4, -0.2) is 40.9 Å². The highest BCUT2D eigenvalue weighted by atomic mass is 32.2. The van der Waals surface area contributed by atoms with Crippen LogP contribution in [0, 0.1) is 6.92 Å². The van der Waals surface area contributed by atoms with Crippen molar-refractivity contribution in [2.24, 2.45) is 0 Å². The molecule has 1 saturated carbocycles. The second-order valence-corrected chi connectivity index (χ2v) is 5.97. The third-order valence-corrected chi connectivity index (χ3v) is 4.78. The molecule has 0 heterocycles. The molecule has 1 aliphatic carbocycles. The summed E-state index contributed by atoms with van der Waals surface area (Å²) in [7, 11) is 0. The first-order chi connectivity index (χ1) is 9.22. The van der Waals surface area contributed by atoms with Crippen LogP contribution in [-0.2, 0) is 4.79 Å². The van der Waals surface area contributed by atoms with Crippen LogP contribution in [0.2, 0.25) is 0 Å². The summed E-state index contributed by atoms with van der Waals surface area (Å²) in [5.41, 5.74) is 1.21. The predicted octanol–water partition coefficient (Wildman–Crippen LogP) is 2.46. The molecule has 0 spiro atoms. The Morgan fingerprint density at radius 3 is 2.74 bits per heavy atom. The molecule has 2 rings (SSSR count). The maximum absolute atomic E-state index is 12.2. The van der Waals surface area contributed by atoms with Gasteiger partial charge in [0, 0.05) is 17.5 Å². The molecule has 0 unspecified atom stereocenters. The molecule has 1 aromatic carbocycles. The van der Waals surface area contributed by atoms with Crippen molar-refractivity contribution in [2.45, 2.75) is 37.1 Å². The van der Waals surface area contributed by atoms with Crippen LogP contribution in [0.15, 0.2) is 29.2 Å². The molecule has 1 aromatic rings. The van der Waals surface area contributed by atoms with E-state index in [1.165, 1.54) is 12.0 Å². The summed E-state index contributed by atoms with van der Waals surface area (Å²) >= 11 is 1.59. The lowest BCUT2D eigenvalue weighted by molar-refractivity contribution is -0.132. The smallest absolute Gasteiger partial charge is 0.233 e. The van der Waals surface area contributed by atoms with Crippen LogP contribution in [0.4, 0.5) is 0 Å². The third kappa shape index (κ3) is 3.74. The fourth-order valence-corrected chi connectivity index (χ4v) is 3.17. The van der Waals surface area contributed by atoms with Gasteiger partial charge in [0.25, 0.3) is 0 Å². The Kier molecular flexibility index (Phi) is 5.28. The summed E-state index contributed by atoms with van der Waals surface area (Å²) in [6, 6.07) is 8.47. The van der Waals surface area contributed by atoms with Crippen LogP contribution in [0.5, 0.6) is 0 Å². The molecule has 104 valence electrons. The van der Waals surface area contributed by atoms with Crippen LogP contribution < -0.4 is 0 Å². The summed E-state index contributed by atoms with van der Waals surface area (Å²) in [5.74, 6) is 0.605. The SMILES string of the molecule is Cc1ccccc1SCC(=O)N(CCO)C1CCC1. The quantitative estimate of drug-likeness (QED) is 0.813. The van der Waals surface area contributed by atoms with Gasteiger partial charge < -0.3 is 10.0 Å². The Morgan fingerprint density at radius 1 is 1.42 bits per heavy atom. The predicted molar refractivity (Wildman–Crippen MR) is 78.3 cm³/mol. The summed E-state index contributed by atoms with van der Waals surface area (Å²) in [6.45, 7) is 2.58. The van der Waals surface area contributed by atoms with Crippen molar-refractivity contribution in [3.8, 4) is 0 Å². The number of nitrogens with zero attached hydrogens (tertiary/aromatic N) is 1. The number of rotatable bonds is 6. The molecule has 0 saturated heterocycles. The van der Waals surface area contributed by atoms with E-state index in [4.69, 9.17) is 5.11 Å². The fraction of sp³-hybridized carbons (Fsp3) is 0.533. The lowest BCUT2D eigenvalue weighted by atomic mass is 9.91. The first-order valence-electron chi connectivity index (χ1n) is 6.81. The highest BCUT2D eigenvalue weighted by Crippen LogP contribution is 2.27. The number of hydrogen-bond acceptors (Lipinski definition) is 3. The van der Waals surface area contributed by atoms with E-state index in [2.05, 4.69) is 13.0 Å². The second kappa shape index (κ2) is 6.96. The monoisotopic (exact) mass is 279 g/mol. The normalized spacial score (nSPS) is 15.1. The van der Waals surface area contributed by atoms with Crippen LogP contribution >= 0.6 is 11.8 Å². The molecule has 0 aliphatic heterocycles. The highest BCUT2D eigenvalue weighted by Gasteiger charge is 2.28. The third-order valence-electron chi connectivity index (χ3n) is 3.62. The van der Waals surface area contributed by atoms with Crippen molar-refractivity contribution in [1.82, 2.24) is 4.90 Å². The number of benzene rings is 1. The second-order valence-electron chi connectivity index (χ2n) is 4.95. The Bertz CT molecular complexity index is 432. The maximum Gasteiger partial charge on any atom is 0.233 e. The van der Waals surface area contributed by atoms with Gasteiger partial charge in [0.15, 0.2) is 0 Å². The van der Waals surface area contributed by atoms with Gasteiger partial charge in [0.2, 0.25) is 5.91 Å². The molecule has 1 fully saturated rings. The number of carbonyl (C=O) groups is 1. The molecule has 4 heteroatoms. The largest absolute Gasteiger partial charge is 0.395 e. The summed E-state index contributed by atoms with van der Waals surface area (Å²) in [6.07, 6.45) is 3.37. The fourth-order valence-electron chi connectivity index (χ4n) is 2.26. The van der Waals surface area contributed by atoms with E-state index in [9.17, 15) is 4.79 Å². The highest BCUT2D eigenvalue weighted by molar-refractivity contribution is 8.00. The zero-order valence-electron chi connectivity index (χ0n) is 11.3. The van der Waals surface area contributed by atoms with Crippen molar-refractivity contribution in [1.29, 1.82) is 0 Å². The van der Waals surface area contributed by atoms with Crippen LogP contribution in [0.1, 0.15) is 24.8 Å². The lowest BCUT2D eigenvalue weighted by Gasteiger charge is -2.37. The molecule has 1 amide bonds. The molecule has 0 radical (unpaired) electrons. The van der Waals surface area contributed by atoms with Crippen molar-refractivity contribution < 1.29 is 9.90 Å². The van der Waals surface area contributed by atoms with Crippen molar-refractivity contribution in [3.63, 3.8) is 0 Å². The van der Waals surface area contributed by atoms with E-state index >= 15 is 0 Å². The van der Waals surface area contributed by atoms with E-state index in [0.717, 1.165) is 17.7 Å². The van der Waals surface area contributed by atoms with Gasteiger partial charge in [0.1, 0.15) is 0 Å². The molecule has 1 aliphatic rings. The molecule has 19 heavy (non-hydrogen) atoms. The van der Waals surface area contributed by atoms with Crippen molar-refractivity contribution in [3.05, 3.63) is 29.8 Å². The van der Waals surface area contributed by atoms with Crippen molar-refractivity contribution in [2.75, 3.05) is 18.9 Å². The number of aliphatic hydroxyl groups is 1. The average Bonchev–Trinajstić information content (AvgIpc) is 2.35. The zero-order valence-corrected chi connectivity index (χ0v) is 12.2. The summed E-state index contributed by atoms with van der Waals surface area (Å²) in [5, 5.41) is 9.08. The van der Waals surface area contributed by atoms with Crippen molar-refractivity contribution >= 4 is 17.7 Å². The molecule has 0 atom stereocenters. The molecule has 0 bridgehead atoms. The minimum Gasteiger partial charge on any atom is -0.395 e. The van der Waals surface area contributed by atoms with Crippen LogP contribution in [0.3, 0.4) is 0 Å². The molecule has 3 nitrogen and oxygen atoms in total. The first kappa shape index (κ1) is 14.4. The number of aliphatic hydroxyl groups excluding tert-OH is 1. The number of amides is 1. The van der Waals surface area contributed by atoms with Gasteiger partial charge >= 0.3 is 0 Å². The average molecular weight is 279 g/mol. The molecule has 0 aromatic heterocycles. The minimum absolute atomic E-state index is 0.0528. The van der Waals surface area contributed by atoms with Gasteiger partial charge in [-0.05, 0) is 37.8 Å². The van der Waals surface area contributed by atoms with Gasteiger partial charge in [-0.25, -0.2) is 0 Å². The van der Waals surface area contributed by atoms with Gasteiger partial charge in [0.05, 0.1) is 12.4 Å². The number of thioether (sulfide) groups is 1. The Balaban J connectivity index is 1.90. The van der Waals surface area contributed by atoms with Gasteiger partial charge in [-0.15, -0.1) is 11.8 Å². The first-order valence-corrected chi connectivity index (χ1v) is 7.79. The molecular formula is C15H21NO2S.